The lowest BCUT2D eigenvalue weighted by molar-refractivity contribution is -0.149. The number of unbranched alkanes of at least 4 members (excludes halogenated alkanes) is 2. The van der Waals surface area contributed by atoms with Gasteiger partial charge in [-0.15, -0.1) is 11.8 Å². The Hall–Kier alpha value is -13.0. The van der Waals surface area contributed by atoms with E-state index in [-0.39, 0.29) is 115 Å². The normalized spacial score (nSPS) is 24.9. The van der Waals surface area contributed by atoms with Gasteiger partial charge in [0.25, 0.3) is 0 Å². The molecule has 3 aromatic carbocycles. The zero-order valence-corrected chi connectivity index (χ0v) is 78.4. The molecule has 0 unspecified atom stereocenters. The number of nitrogens with one attached hydrogen (secondary N) is 14. The number of aliphatic hydroxyl groups is 2. The molecule has 15 atom stereocenters. The standard InChI is InChI=1S/C92H131N23O19S/c1-9-11-24-72-85(128)104-64(23-17-33-98-92(95)96)82(125)110-71(81(124)101-45-77(94)120)48-135-49-78(121)103-68(36-53-27-29-58(117)30-28-53)87(130)111(6)52(5)79(122)105-65(31-32-93)89(132)114-34-18-26-73(114)86(129)106-66(40-57-44-97-50-102-57)83(126)107-67(35-51(3)4)90(133)115-46-59(118)41-75(115)76(119)39-54(37-55-42-99-62-21-15-13-19-60(55)62)80(123)109-70(47-116)84(127)108-69(38-56-43-100-63-22-16-14-20-61(56)63)88(131)113(8)74(25-12-10-2)91(134)112(72)7/h13-16,19-22,27-30,42-44,50-52,54,59,64-75,99-100,116-118H,9-12,17-18,23-26,31-41,45-49,93H2,1-8H3,(H2,94,120)(H,97,102)(H,101,124)(H,103,121)(H,104,128)(H,105,122)(H,106,129)(H,107,126)(H,108,127)(H,109,123)(H,110,125)(H4,95,96,98)/t52-,54+,59+,64-,65-,66-,67-,68-,69-,70-,71-,72-,73-,74-,75-/m0/s1. The number of amides is 15. The first kappa shape index (κ1) is 106. The number of nitrogens with two attached hydrogens (primary N) is 3. The van der Waals surface area contributed by atoms with Gasteiger partial charge in [0.1, 0.15) is 78.3 Å². The summed E-state index contributed by atoms with van der Waals surface area (Å²) in [7, 11) is 4.00. The average Bonchev–Trinajstić information content (AvgIpc) is 1.70. The number of aliphatic hydroxyl groups excluding tert-OH is 2. The summed E-state index contributed by atoms with van der Waals surface area (Å²) in [6.07, 6.45) is 4.57. The number of thioether (sulfide) groups is 1. The average molecular weight is 1900 g/mol. The Kier molecular flexibility index (Phi) is 39.8. The quantitative estimate of drug-likeness (QED) is 0.0169. The molecule has 43 heteroatoms. The highest BCUT2D eigenvalue weighted by molar-refractivity contribution is 8.00. The van der Waals surface area contributed by atoms with Gasteiger partial charge in [0.05, 0.1) is 43.1 Å². The number of carbonyl (C=O) groups excluding carboxylic acids is 16. The highest BCUT2D eigenvalue weighted by atomic mass is 32.2. The van der Waals surface area contributed by atoms with E-state index in [9.17, 15) is 53.7 Å². The van der Waals surface area contributed by atoms with Crippen LogP contribution < -0.4 is 70.4 Å². The molecule has 6 heterocycles. The van der Waals surface area contributed by atoms with Crippen molar-refractivity contribution in [2.24, 2.45) is 29.0 Å². The summed E-state index contributed by atoms with van der Waals surface area (Å²) in [6.45, 7) is 6.25. The number of rotatable bonds is 26. The topological polar surface area (TPSA) is 632 Å². The smallest absolute Gasteiger partial charge is 0.245 e. The zero-order chi connectivity index (χ0) is 98.4. The molecule has 0 aliphatic carbocycles. The summed E-state index contributed by atoms with van der Waals surface area (Å²) in [5.74, 6) is -17.0. The monoisotopic (exact) mass is 1890 g/mol. The fraction of sp³-hybridized carbons (Fsp3) is 0.543. The molecule has 3 aliphatic rings. The maximum atomic E-state index is 15.8. The number of guanidine groups is 1. The van der Waals surface area contributed by atoms with Crippen molar-refractivity contribution in [1.82, 2.24) is 97.6 Å². The molecule has 135 heavy (non-hydrogen) atoms. The maximum Gasteiger partial charge on any atom is 0.245 e. The molecule has 15 amide bonds. The van der Waals surface area contributed by atoms with E-state index < -0.39 is 229 Å². The van der Waals surface area contributed by atoms with Crippen LogP contribution in [0.15, 0.2) is 97.7 Å². The van der Waals surface area contributed by atoms with Crippen LogP contribution in [0.3, 0.4) is 0 Å². The third kappa shape index (κ3) is 29.5. The number of phenolic OH excluding ortho intramolecular Hbond substituents is 1. The van der Waals surface area contributed by atoms with Gasteiger partial charge in [0, 0.05) is 125 Å². The molecule has 0 bridgehead atoms. The van der Waals surface area contributed by atoms with Gasteiger partial charge in [-0.05, 0) is 118 Å². The Balaban J connectivity index is 1.10. The number of aromatic nitrogens is 4. The van der Waals surface area contributed by atoms with Crippen LogP contribution in [0.2, 0.25) is 0 Å². The van der Waals surface area contributed by atoms with Crippen molar-refractivity contribution in [2.45, 2.75) is 235 Å². The molecule has 9 rings (SSSR count). The van der Waals surface area contributed by atoms with Gasteiger partial charge in [0.15, 0.2) is 11.7 Å². The predicted molar refractivity (Wildman–Crippen MR) is 501 cm³/mol. The number of phenols is 1. The fourth-order valence-corrected chi connectivity index (χ4v) is 17.9. The van der Waals surface area contributed by atoms with Crippen molar-refractivity contribution in [3.8, 4) is 5.75 Å². The van der Waals surface area contributed by atoms with Crippen molar-refractivity contribution in [3.05, 3.63) is 120 Å². The number of fused-ring (bicyclic) bond motifs is 4. The number of ketones is 1. The lowest BCUT2D eigenvalue weighted by Crippen LogP contribution is -2.61. The molecule has 23 N–H and O–H groups in total. The molecule has 3 fully saturated rings. The van der Waals surface area contributed by atoms with Crippen molar-refractivity contribution in [2.75, 3.05) is 72.0 Å². The molecular formula is C92H131N23O19S. The Morgan fingerprint density at radius 3 is 1.79 bits per heavy atom. The number of likely N-dealkylation sites (N-methyl/N-ethyl adjacent to an activating group) is 3. The number of nitrogens with zero attached hydrogens (tertiary/aromatic N) is 6. The number of benzene rings is 3. The minimum atomic E-state index is -1.84. The lowest BCUT2D eigenvalue weighted by Gasteiger charge is -2.36. The second-order valence-electron chi connectivity index (χ2n) is 35.2. The highest BCUT2D eigenvalue weighted by Crippen LogP contribution is 2.30. The molecule has 734 valence electrons. The Bertz CT molecular complexity index is 5150. The van der Waals surface area contributed by atoms with E-state index in [1.807, 2.05) is 13.8 Å². The molecule has 42 nitrogen and oxygen atoms in total. The number of H-pyrrole nitrogens is 3. The summed E-state index contributed by atoms with van der Waals surface area (Å²) in [5, 5.41) is 69.0. The van der Waals surface area contributed by atoms with Gasteiger partial charge in [-0.25, -0.2) is 4.98 Å². The summed E-state index contributed by atoms with van der Waals surface area (Å²) < 4.78 is 0. The van der Waals surface area contributed by atoms with Crippen LogP contribution in [0, 0.1) is 17.2 Å². The van der Waals surface area contributed by atoms with Gasteiger partial charge in [0.2, 0.25) is 88.6 Å². The van der Waals surface area contributed by atoms with Crippen molar-refractivity contribution < 1.29 is 92.0 Å². The van der Waals surface area contributed by atoms with Crippen molar-refractivity contribution in [1.29, 1.82) is 5.41 Å². The van der Waals surface area contributed by atoms with E-state index in [4.69, 9.17) is 22.6 Å². The number of hydrogen-bond acceptors (Lipinski definition) is 23. The first-order chi connectivity index (χ1) is 64.4. The van der Waals surface area contributed by atoms with Crippen LogP contribution in [0.5, 0.6) is 5.75 Å². The zero-order valence-electron chi connectivity index (χ0n) is 77.6. The number of para-hydroxylation sites is 2. The van der Waals surface area contributed by atoms with Gasteiger partial charge < -0.3 is 125 Å². The van der Waals surface area contributed by atoms with E-state index >= 15 is 38.4 Å². The Morgan fingerprint density at radius 1 is 0.585 bits per heavy atom. The largest absolute Gasteiger partial charge is 0.508 e. The number of aromatic hydroxyl groups is 1. The summed E-state index contributed by atoms with van der Waals surface area (Å²) in [5.41, 5.74) is 20.3. The first-order valence-electron chi connectivity index (χ1n) is 45.9. The number of hydrogen-bond donors (Lipinski definition) is 20. The van der Waals surface area contributed by atoms with Crippen LogP contribution in [-0.4, -0.2) is 317 Å². The Labute approximate surface area is 786 Å². The van der Waals surface area contributed by atoms with Gasteiger partial charge in [-0.3, -0.25) is 82.1 Å². The molecule has 6 aromatic rings. The molecule has 3 aromatic heterocycles. The van der Waals surface area contributed by atoms with Crippen LogP contribution in [0.4, 0.5) is 0 Å². The van der Waals surface area contributed by atoms with E-state index in [0.29, 0.717) is 69.9 Å². The van der Waals surface area contributed by atoms with E-state index in [1.54, 1.807) is 74.8 Å². The van der Waals surface area contributed by atoms with Crippen LogP contribution in [0.25, 0.3) is 21.8 Å². The number of aromatic amines is 3. The Morgan fingerprint density at radius 2 is 1.16 bits per heavy atom. The number of carbonyl (C=O) groups is 16. The van der Waals surface area contributed by atoms with Crippen LogP contribution >= 0.6 is 11.8 Å². The fourth-order valence-electron chi connectivity index (χ4n) is 17.1. The minimum Gasteiger partial charge on any atom is -0.508 e. The molecule has 0 radical (unpaired) electrons. The summed E-state index contributed by atoms with van der Waals surface area (Å²) in [6, 6.07) is 0.750. The van der Waals surface area contributed by atoms with Crippen LogP contribution in [0.1, 0.15) is 147 Å². The van der Waals surface area contributed by atoms with Crippen molar-refractivity contribution >= 4 is 134 Å². The predicted octanol–water partition coefficient (Wildman–Crippen LogP) is -1.36. The molecular weight excluding hydrogens is 1760 g/mol. The minimum absolute atomic E-state index is 0.00149. The van der Waals surface area contributed by atoms with Crippen molar-refractivity contribution in [3.63, 3.8) is 0 Å². The number of Topliss-reactive ketones (excluding diaryl/α,β-unsaturated/α-hetero) is 1. The van der Waals surface area contributed by atoms with E-state index in [1.165, 1.54) is 69.8 Å². The van der Waals surface area contributed by atoms with Crippen LogP contribution in [-0.2, 0) is 102 Å². The number of imidazole rings is 1. The maximum absolute atomic E-state index is 15.8. The summed E-state index contributed by atoms with van der Waals surface area (Å²) >= 11 is 0.789. The van der Waals surface area contributed by atoms with Gasteiger partial charge in [-0.1, -0.05) is 102 Å². The first-order valence-corrected chi connectivity index (χ1v) is 47.0. The summed E-state index contributed by atoms with van der Waals surface area (Å²) in [4.78, 5) is 257. The highest BCUT2D eigenvalue weighted by Gasteiger charge is 2.47. The number of primary amides is 1. The second-order valence-corrected chi connectivity index (χ2v) is 36.2. The third-order valence-electron chi connectivity index (χ3n) is 24.7. The van der Waals surface area contributed by atoms with E-state index in [2.05, 4.69) is 73.1 Å². The molecule has 3 saturated heterocycles. The SMILES string of the molecule is CCCC[C@H]1C(=O)N(C)[C@@H](CCCC)C(=O)N[C@@H](CCCNC(=N)N)C(=O)N[C@H](C(=O)NCC(N)=O)CSCC(=O)N[C@@H](Cc2ccc(O)cc2)C(=O)N(C)[C@@H](C)C(=O)N[C@@H](CCN)C(=O)N2CCC[C@H]2C(=O)N[C@@H](Cc2c[nH]cn2)C(=O)N[C@@H](CC(C)C)C(=O)N2C[C@H](O)C[C@H]2C(=O)C[C@@H](Cc2c[nH]c3ccccc23)C(=O)N[C@@H](CO)C(=O)N[C@@H](Cc2c[nH]c3ccccc23)C(=O)N1C. The lowest BCUT2D eigenvalue weighted by atomic mass is 9.90. The molecule has 3 aliphatic heterocycles. The van der Waals surface area contributed by atoms with Gasteiger partial charge >= 0.3 is 0 Å². The molecule has 0 spiro atoms. The van der Waals surface area contributed by atoms with Gasteiger partial charge in [-0.2, -0.15) is 0 Å². The second kappa shape index (κ2) is 50.9. The third-order valence-corrected chi connectivity index (χ3v) is 25.7. The molecule has 0 saturated carbocycles. The van der Waals surface area contributed by atoms with E-state index in [0.717, 1.165) is 31.4 Å².